The zero-order valence-corrected chi connectivity index (χ0v) is 10.5. The molecule has 0 bridgehead atoms. The van der Waals surface area contributed by atoms with E-state index in [0.717, 1.165) is 18.4 Å². The minimum Gasteiger partial charge on any atom is -0.462 e. The number of rotatable bonds is 6. The van der Waals surface area contributed by atoms with E-state index in [1.54, 1.807) is 13.0 Å². The van der Waals surface area contributed by atoms with E-state index in [1.165, 1.54) is 0 Å². The summed E-state index contributed by atoms with van der Waals surface area (Å²) in [5.74, 6) is -0.313. The summed E-state index contributed by atoms with van der Waals surface area (Å²) in [5.41, 5.74) is 1.41. The van der Waals surface area contributed by atoms with Gasteiger partial charge in [0.25, 0.3) is 0 Å². The molecule has 1 rings (SSSR count). The van der Waals surface area contributed by atoms with Gasteiger partial charge >= 0.3 is 5.97 Å². The summed E-state index contributed by atoms with van der Waals surface area (Å²) in [7, 11) is 0. The van der Waals surface area contributed by atoms with Gasteiger partial charge in [0, 0.05) is 0 Å². The van der Waals surface area contributed by atoms with E-state index in [2.05, 4.69) is 0 Å². The molecule has 0 saturated carbocycles. The predicted molar refractivity (Wildman–Crippen MR) is 67.0 cm³/mol. The minimum atomic E-state index is -0.393. The maximum Gasteiger partial charge on any atom is 0.338 e. The first-order valence-electron chi connectivity index (χ1n) is 6.12. The molecule has 1 unspecified atom stereocenters. The molecule has 1 aromatic carbocycles. The topological polar surface area (TPSA) is 46.5 Å². The molecule has 3 heteroatoms. The molecule has 3 nitrogen and oxygen atoms in total. The molecule has 0 amide bonds. The lowest BCUT2D eigenvalue weighted by Gasteiger charge is -2.12. The third-order valence-electron chi connectivity index (χ3n) is 2.59. The number of carbonyl (C=O) groups is 1. The molecule has 17 heavy (non-hydrogen) atoms. The minimum absolute atomic E-state index is 0.313. The summed E-state index contributed by atoms with van der Waals surface area (Å²) < 4.78 is 4.99. The van der Waals surface area contributed by atoms with Crippen molar-refractivity contribution in [3.63, 3.8) is 0 Å². The summed E-state index contributed by atoms with van der Waals surface area (Å²) >= 11 is 0. The second-order valence-electron chi connectivity index (χ2n) is 4.02. The highest BCUT2D eigenvalue weighted by molar-refractivity contribution is 5.91. The van der Waals surface area contributed by atoms with Crippen molar-refractivity contribution in [2.24, 2.45) is 0 Å². The Labute approximate surface area is 102 Å². The number of esters is 1. The second kappa shape index (κ2) is 7.07. The molecular weight excluding hydrogens is 216 g/mol. The van der Waals surface area contributed by atoms with Crippen LogP contribution in [-0.2, 0) is 11.2 Å². The first-order chi connectivity index (χ1) is 8.19. The third kappa shape index (κ3) is 4.19. The molecule has 94 valence electrons. The summed E-state index contributed by atoms with van der Waals surface area (Å²) in [6.07, 6.45) is 1.79. The van der Waals surface area contributed by atoms with Crippen LogP contribution in [0.3, 0.4) is 0 Å². The van der Waals surface area contributed by atoms with Crippen molar-refractivity contribution in [1.82, 2.24) is 0 Å². The summed E-state index contributed by atoms with van der Waals surface area (Å²) in [5, 5.41) is 9.79. The largest absolute Gasteiger partial charge is 0.462 e. The van der Waals surface area contributed by atoms with Crippen LogP contribution < -0.4 is 0 Å². The smallest absolute Gasteiger partial charge is 0.338 e. The van der Waals surface area contributed by atoms with Crippen molar-refractivity contribution in [2.75, 3.05) is 6.61 Å². The average molecular weight is 236 g/mol. The van der Waals surface area contributed by atoms with Gasteiger partial charge in [-0.3, -0.25) is 0 Å². The fourth-order valence-electron chi connectivity index (χ4n) is 1.80. The predicted octanol–water partition coefficient (Wildman–Crippen LogP) is 2.57. The zero-order chi connectivity index (χ0) is 12.7. The van der Waals surface area contributed by atoms with Gasteiger partial charge < -0.3 is 9.84 Å². The van der Waals surface area contributed by atoms with Gasteiger partial charge in [0.15, 0.2) is 0 Å². The number of hydrogen-bond donors (Lipinski definition) is 1. The average Bonchev–Trinajstić information content (AvgIpc) is 2.30. The van der Waals surface area contributed by atoms with Crippen molar-refractivity contribution in [3.8, 4) is 0 Å². The fourth-order valence-corrected chi connectivity index (χ4v) is 1.80. The molecule has 0 aliphatic heterocycles. The van der Waals surface area contributed by atoms with Gasteiger partial charge in [-0.05, 0) is 31.4 Å². The van der Waals surface area contributed by atoms with Crippen LogP contribution in [0.5, 0.6) is 0 Å². The van der Waals surface area contributed by atoms with Crippen molar-refractivity contribution in [1.29, 1.82) is 0 Å². The zero-order valence-electron chi connectivity index (χ0n) is 10.5. The molecular formula is C14H20O3. The summed E-state index contributed by atoms with van der Waals surface area (Å²) in [6, 6.07) is 7.29. The van der Waals surface area contributed by atoms with Crippen LogP contribution >= 0.6 is 0 Å². The fraction of sp³-hybridized carbons (Fsp3) is 0.500. The Morgan fingerprint density at radius 1 is 1.35 bits per heavy atom. The number of hydrogen-bond acceptors (Lipinski definition) is 3. The van der Waals surface area contributed by atoms with Crippen molar-refractivity contribution in [3.05, 3.63) is 35.4 Å². The highest BCUT2D eigenvalue weighted by Crippen LogP contribution is 2.14. The van der Waals surface area contributed by atoms with Gasteiger partial charge in [-0.25, -0.2) is 4.79 Å². The molecule has 0 fully saturated rings. The van der Waals surface area contributed by atoms with Crippen molar-refractivity contribution < 1.29 is 14.6 Å². The Balaban J connectivity index is 2.80. The van der Waals surface area contributed by atoms with Crippen LogP contribution in [0, 0.1) is 0 Å². The number of aliphatic hydroxyl groups is 1. The Bertz CT molecular complexity index is 360. The lowest BCUT2D eigenvalue weighted by molar-refractivity contribution is 0.0524. The molecule has 0 aromatic heterocycles. The quantitative estimate of drug-likeness (QED) is 0.772. The molecule has 0 heterocycles. The molecule has 0 radical (unpaired) electrons. The standard InChI is InChI=1S/C14H20O3/c1-3-7-12(15)10-11-8-5-6-9-13(11)14(16)17-4-2/h5-6,8-9,12,15H,3-4,7,10H2,1-2H3. The maximum absolute atomic E-state index is 11.7. The van der Waals surface area contributed by atoms with E-state index in [-0.39, 0.29) is 5.97 Å². The number of carbonyl (C=O) groups excluding carboxylic acids is 1. The number of aliphatic hydroxyl groups excluding tert-OH is 1. The van der Waals surface area contributed by atoms with E-state index < -0.39 is 6.10 Å². The first kappa shape index (κ1) is 13.7. The van der Waals surface area contributed by atoms with Crippen LogP contribution in [0.25, 0.3) is 0 Å². The van der Waals surface area contributed by atoms with E-state index in [9.17, 15) is 9.90 Å². The third-order valence-corrected chi connectivity index (χ3v) is 2.59. The van der Waals surface area contributed by atoms with Gasteiger partial charge in [-0.1, -0.05) is 31.5 Å². The van der Waals surface area contributed by atoms with E-state index in [1.807, 2.05) is 25.1 Å². The normalized spacial score (nSPS) is 12.2. The SMILES string of the molecule is CCCC(O)Cc1ccccc1C(=O)OCC. The summed E-state index contributed by atoms with van der Waals surface area (Å²) in [6.45, 7) is 4.18. The maximum atomic E-state index is 11.7. The lowest BCUT2D eigenvalue weighted by Crippen LogP contribution is -2.14. The molecule has 0 spiro atoms. The first-order valence-corrected chi connectivity index (χ1v) is 6.12. The van der Waals surface area contributed by atoms with Gasteiger partial charge in [-0.2, -0.15) is 0 Å². The molecule has 0 aliphatic carbocycles. The molecule has 0 saturated heterocycles. The highest BCUT2D eigenvalue weighted by Gasteiger charge is 2.14. The van der Waals surface area contributed by atoms with Gasteiger partial charge in [0.05, 0.1) is 18.3 Å². The molecule has 1 N–H and O–H groups in total. The van der Waals surface area contributed by atoms with Crippen LogP contribution in [0.1, 0.15) is 42.6 Å². The Kier molecular flexibility index (Phi) is 5.70. The van der Waals surface area contributed by atoms with Crippen LogP contribution in [0.4, 0.5) is 0 Å². The van der Waals surface area contributed by atoms with Crippen LogP contribution in [0.15, 0.2) is 24.3 Å². The Morgan fingerprint density at radius 2 is 2.06 bits per heavy atom. The summed E-state index contributed by atoms with van der Waals surface area (Å²) in [4.78, 5) is 11.7. The van der Waals surface area contributed by atoms with E-state index in [0.29, 0.717) is 18.6 Å². The monoisotopic (exact) mass is 236 g/mol. The van der Waals surface area contributed by atoms with E-state index in [4.69, 9.17) is 4.74 Å². The number of ether oxygens (including phenoxy) is 1. The molecule has 0 aliphatic rings. The number of benzene rings is 1. The Morgan fingerprint density at radius 3 is 2.71 bits per heavy atom. The van der Waals surface area contributed by atoms with Gasteiger partial charge in [0.1, 0.15) is 0 Å². The van der Waals surface area contributed by atoms with Gasteiger partial charge in [-0.15, -0.1) is 0 Å². The van der Waals surface area contributed by atoms with Crippen LogP contribution in [-0.4, -0.2) is 23.8 Å². The van der Waals surface area contributed by atoms with Crippen LogP contribution in [0.2, 0.25) is 0 Å². The second-order valence-corrected chi connectivity index (χ2v) is 4.02. The molecule has 1 atom stereocenters. The highest BCUT2D eigenvalue weighted by atomic mass is 16.5. The van der Waals surface area contributed by atoms with Crippen molar-refractivity contribution >= 4 is 5.97 Å². The van der Waals surface area contributed by atoms with Crippen molar-refractivity contribution in [2.45, 2.75) is 39.2 Å². The van der Waals surface area contributed by atoms with E-state index >= 15 is 0 Å². The lowest BCUT2D eigenvalue weighted by atomic mass is 9.99. The Hall–Kier alpha value is -1.35. The molecule has 1 aromatic rings. The van der Waals surface area contributed by atoms with Gasteiger partial charge in [0.2, 0.25) is 0 Å².